The van der Waals surface area contributed by atoms with E-state index < -0.39 is 6.10 Å². The Kier molecular flexibility index (Phi) is 6.37. The molecule has 1 aromatic carbocycles. The molecule has 1 aromatic rings. The average molecular weight is 375 g/mol. The third-order valence-corrected chi connectivity index (χ3v) is 4.58. The normalized spacial score (nSPS) is 19.6. The summed E-state index contributed by atoms with van der Waals surface area (Å²) >= 11 is 9.39. The van der Waals surface area contributed by atoms with Gasteiger partial charge in [-0.05, 0) is 50.8 Å². The van der Waals surface area contributed by atoms with Gasteiger partial charge < -0.3 is 9.64 Å². The zero-order chi connectivity index (χ0) is 15.2. The lowest BCUT2D eigenvalue weighted by atomic mass is 10.1. The van der Waals surface area contributed by atoms with Crippen LogP contribution in [0, 0.1) is 0 Å². The highest BCUT2D eigenvalue weighted by Crippen LogP contribution is 2.24. The molecule has 1 amide bonds. The minimum atomic E-state index is -0.479. The lowest BCUT2D eigenvalue weighted by molar-refractivity contribution is -0.138. The summed E-state index contributed by atoms with van der Waals surface area (Å²) < 4.78 is 5.74. The van der Waals surface area contributed by atoms with Crippen molar-refractivity contribution >= 4 is 33.4 Å². The first-order valence-corrected chi connectivity index (χ1v) is 8.90. The first-order valence-electron chi connectivity index (χ1n) is 7.40. The summed E-state index contributed by atoms with van der Waals surface area (Å²) in [5.74, 6) is 0.714. The molecule has 0 saturated carbocycles. The maximum atomic E-state index is 12.6. The molecule has 0 radical (unpaired) electrons. The zero-order valence-corrected chi connectivity index (χ0v) is 14.6. The number of carbonyl (C=O) groups excluding carboxylic acids is 1. The molecule has 2 unspecified atom stereocenters. The number of hydrogen-bond acceptors (Lipinski definition) is 2. The first-order chi connectivity index (χ1) is 10.1. The number of alkyl halides is 1. The summed E-state index contributed by atoms with van der Waals surface area (Å²) in [5, 5.41) is 1.60. The molecule has 0 N–H and O–H groups in total. The monoisotopic (exact) mass is 373 g/mol. The van der Waals surface area contributed by atoms with Gasteiger partial charge in [-0.15, -0.1) is 0 Å². The topological polar surface area (TPSA) is 29.5 Å². The second-order valence-corrected chi connectivity index (χ2v) is 6.61. The molecule has 1 aliphatic heterocycles. The van der Waals surface area contributed by atoms with Gasteiger partial charge in [-0.3, -0.25) is 4.79 Å². The van der Waals surface area contributed by atoms with Crippen LogP contribution in [0.5, 0.6) is 5.75 Å². The van der Waals surface area contributed by atoms with Gasteiger partial charge >= 0.3 is 0 Å². The molecular formula is C16H21BrClNO2. The molecule has 21 heavy (non-hydrogen) atoms. The van der Waals surface area contributed by atoms with Gasteiger partial charge in [0.05, 0.1) is 0 Å². The van der Waals surface area contributed by atoms with Gasteiger partial charge in [-0.1, -0.05) is 33.6 Å². The lowest BCUT2D eigenvalue weighted by Crippen LogP contribution is -2.43. The van der Waals surface area contributed by atoms with Gasteiger partial charge in [0.15, 0.2) is 6.10 Å². The summed E-state index contributed by atoms with van der Waals surface area (Å²) in [6, 6.07) is 7.53. The highest BCUT2D eigenvalue weighted by atomic mass is 79.9. The Morgan fingerprint density at radius 3 is 3.10 bits per heavy atom. The summed E-state index contributed by atoms with van der Waals surface area (Å²) in [4.78, 5) is 14.5. The van der Waals surface area contributed by atoms with E-state index in [-0.39, 0.29) is 5.91 Å². The van der Waals surface area contributed by atoms with Crippen molar-refractivity contribution in [3.8, 4) is 5.75 Å². The van der Waals surface area contributed by atoms with E-state index in [1.807, 2.05) is 24.0 Å². The highest BCUT2D eigenvalue weighted by Gasteiger charge is 2.31. The van der Waals surface area contributed by atoms with E-state index in [1.165, 1.54) is 0 Å². The van der Waals surface area contributed by atoms with Crippen LogP contribution in [-0.4, -0.2) is 34.8 Å². The average Bonchev–Trinajstić information content (AvgIpc) is 2.92. The third kappa shape index (κ3) is 4.62. The van der Waals surface area contributed by atoms with Crippen LogP contribution in [0.25, 0.3) is 0 Å². The Hall–Kier alpha value is -0.740. The second-order valence-electron chi connectivity index (χ2n) is 5.38. The van der Waals surface area contributed by atoms with Crippen LogP contribution in [0.1, 0.15) is 32.6 Å². The van der Waals surface area contributed by atoms with Crippen LogP contribution in [0.3, 0.4) is 0 Å². The van der Waals surface area contributed by atoms with Crippen molar-refractivity contribution in [3.05, 3.63) is 29.3 Å². The zero-order valence-electron chi connectivity index (χ0n) is 12.2. The van der Waals surface area contributed by atoms with Crippen molar-refractivity contribution in [3.63, 3.8) is 0 Å². The van der Waals surface area contributed by atoms with E-state index in [0.717, 1.165) is 37.6 Å². The van der Waals surface area contributed by atoms with Crippen LogP contribution < -0.4 is 4.74 Å². The van der Waals surface area contributed by atoms with Gasteiger partial charge in [-0.25, -0.2) is 0 Å². The van der Waals surface area contributed by atoms with Crippen molar-refractivity contribution in [1.82, 2.24) is 4.90 Å². The maximum absolute atomic E-state index is 12.6. The van der Waals surface area contributed by atoms with Crippen molar-refractivity contribution in [2.45, 2.75) is 44.8 Å². The maximum Gasteiger partial charge on any atom is 0.263 e. The van der Waals surface area contributed by atoms with E-state index in [0.29, 0.717) is 16.8 Å². The van der Waals surface area contributed by atoms with Gasteiger partial charge in [0, 0.05) is 22.9 Å². The largest absolute Gasteiger partial charge is 0.481 e. The first kappa shape index (κ1) is 16.6. The van der Waals surface area contributed by atoms with Gasteiger partial charge in [0.25, 0.3) is 5.91 Å². The number of carbonyl (C=O) groups is 1. The van der Waals surface area contributed by atoms with Crippen LogP contribution in [0.2, 0.25) is 5.02 Å². The second kappa shape index (κ2) is 8.04. The van der Waals surface area contributed by atoms with Crippen LogP contribution in [0.4, 0.5) is 0 Å². The molecule has 1 heterocycles. The van der Waals surface area contributed by atoms with Crippen LogP contribution in [0.15, 0.2) is 24.3 Å². The number of hydrogen-bond donors (Lipinski definition) is 0. The van der Waals surface area contributed by atoms with Crippen molar-refractivity contribution in [1.29, 1.82) is 0 Å². The van der Waals surface area contributed by atoms with Gasteiger partial charge in [0.2, 0.25) is 0 Å². The fraction of sp³-hybridized carbons (Fsp3) is 0.562. The molecular weight excluding hydrogens is 354 g/mol. The van der Waals surface area contributed by atoms with E-state index in [4.69, 9.17) is 16.3 Å². The molecule has 0 bridgehead atoms. The number of ether oxygens (including phenoxy) is 1. The lowest BCUT2D eigenvalue weighted by Gasteiger charge is -2.27. The SMILES string of the molecule is CC(Oc1cccc(Cl)c1)C(=O)N1CCCC1CCCBr. The van der Waals surface area contributed by atoms with Gasteiger partial charge in [0.1, 0.15) is 5.75 Å². The number of likely N-dealkylation sites (tertiary alicyclic amines) is 1. The molecule has 1 fully saturated rings. The summed E-state index contributed by atoms with van der Waals surface area (Å²) in [6.45, 7) is 2.65. The molecule has 2 atom stereocenters. The number of rotatable bonds is 6. The minimum Gasteiger partial charge on any atom is -0.481 e. The van der Waals surface area contributed by atoms with Crippen molar-refractivity contribution < 1.29 is 9.53 Å². The fourth-order valence-corrected chi connectivity index (χ4v) is 3.27. The quantitative estimate of drug-likeness (QED) is 0.696. The highest BCUT2D eigenvalue weighted by molar-refractivity contribution is 9.09. The molecule has 3 nitrogen and oxygen atoms in total. The third-order valence-electron chi connectivity index (χ3n) is 3.79. The molecule has 0 aromatic heterocycles. The molecule has 0 spiro atoms. The van der Waals surface area contributed by atoms with Crippen LogP contribution in [-0.2, 0) is 4.79 Å². The number of benzene rings is 1. The fourth-order valence-electron chi connectivity index (χ4n) is 2.77. The Bertz CT molecular complexity index is 483. The Balaban J connectivity index is 1.95. The van der Waals surface area contributed by atoms with E-state index in [1.54, 1.807) is 12.1 Å². The molecule has 1 aliphatic rings. The summed E-state index contributed by atoms with van der Waals surface area (Å²) in [5.41, 5.74) is 0. The van der Waals surface area contributed by atoms with Crippen LogP contribution >= 0.6 is 27.5 Å². The Morgan fingerprint density at radius 1 is 1.57 bits per heavy atom. The molecule has 2 rings (SSSR count). The van der Waals surface area contributed by atoms with E-state index in [2.05, 4.69) is 15.9 Å². The van der Waals surface area contributed by atoms with Crippen molar-refractivity contribution in [2.75, 3.05) is 11.9 Å². The number of nitrogens with zero attached hydrogens (tertiary/aromatic N) is 1. The Labute approximate surface area is 139 Å². The summed E-state index contributed by atoms with van der Waals surface area (Å²) in [6.07, 6.45) is 3.86. The number of halogens is 2. The molecule has 1 saturated heterocycles. The summed E-state index contributed by atoms with van der Waals surface area (Å²) in [7, 11) is 0. The smallest absolute Gasteiger partial charge is 0.263 e. The number of amides is 1. The molecule has 116 valence electrons. The predicted octanol–water partition coefficient (Wildman–Crippen LogP) is 4.27. The standard InChI is InChI=1S/C16H21BrClNO2/c1-12(21-15-8-2-5-13(18)11-15)16(20)19-10-4-7-14(19)6-3-9-17/h2,5,8,11-12,14H,3-4,6-7,9-10H2,1H3. The Morgan fingerprint density at radius 2 is 2.38 bits per heavy atom. The van der Waals surface area contributed by atoms with Crippen molar-refractivity contribution in [2.24, 2.45) is 0 Å². The van der Waals surface area contributed by atoms with Gasteiger partial charge in [-0.2, -0.15) is 0 Å². The van der Waals surface area contributed by atoms with E-state index in [9.17, 15) is 4.79 Å². The molecule has 0 aliphatic carbocycles. The van der Waals surface area contributed by atoms with E-state index >= 15 is 0 Å². The molecule has 5 heteroatoms. The predicted molar refractivity (Wildman–Crippen MR) is 89.3 cm³/mol. The minimum absolute atomic E-state index is 0.0760.